The van der Waals surface area contributed by atoms with Crippen molar-refractivity contribution in [2.45, 2.75) is 6.92 Å². The second-order valence-electron chi connectivity index (χ2n) is 4.18. The number of carbonyl (C=O) groups excluding carboxylic acids is 1. The number of rotatable bonds is 0. The van der Waals surface area contributed by atoms with Crippen LogP contribution in [0.1, 0.15) is 11.7 Å². The van der Waals surface area contributed by atoms with E-state index in [1.165, 1.54) is 19.1 Å². The van der Waals surface area contributed by atoms with Crippen LogP contribution in [0.5, 0.6) is 0 Å². The van der Waals surface area contributed by atoms with Crippen LogP contribution in [0.4, 0.5) is 4.39 Å². The molecule has 18 heavy (non-hydrogen) atoms. The Kier molecular flexibility index (Phi) is 2.38. The molecule has 0 amide bonds. The summed E-state index contributed by atoms with van der Waals surface area (Å²) in [6.45, 7) is 1.48. The second-order valence-corrected chi connectivity index (χ2v) is 4.61. The SMILES string of the molecule is CC(=O)n1c2ccc(F)cc2c2ccc(Cl)cc21. The Balaban J connectivity index is 2.60. The minimum atomic E-state index is -0.319. The van der Waals surface area contributed by atoms with E-state index >= 15 is 0 Å². The summed E-state index contributed by atoms with van der Waals surface area (Å²) in [7, 11) is 0. The van der Waals surface area contributed by atoms with Crippen LogP contribution in [0.2, 0.25) is 5.02 Å². The number of carbonyl (C=O) groups is 1. The third-order valence-electron chi connectivity index (χ3n) is 3.01. The molecule has 90 valence electrons. The first-order valence-corrected chi connectivity index (χ1v) is 5.86. The first-order valence-electron chi connectivity index (χ1n) is 5.48. The van der Waals surface area contributed by atoms with Crippen LogP contribution in [0, 0.1) is 5.82 Å². The van der Waals surface area contributed by atoms with Gasteiger partial charge < -0.3 is 0 Å². The van der Waals surface area contributed by atoms with Gasteiger partial charge in [-0.25, -0.2) is 4.39 Å². The van der Waals surface area contributed by atoms with Gasteiger partial charge in [-0.1, -0.05) is 17.7 Å². The van der Waals surface area contributed by atoms with Crippen molar-refractivity contribution in [1.29, 1.82) is 0 Å². The van der Waals surface area contributed by atoms with Crippen molar-refractivity contribution in [3.63, 3.8) is 0 Å². The Hall–Kier alpha value is -1.87. The van der Waals surface area contributed by atoms with E-state index in [2.05, 4.69) is 0 Å². The monoisotopic (exact) mass is 261 g/mol. The van der Waals surface area contributed by atoms with Crippen molar-refractivity contribution in [3.8, 4) is 0 Å². The molecule has 4 heteroatoms. The predicted octanol–water partition coefficient (Wildman–Crippen LogP) is 4.25. The van der Waals surface area contributed by atoms with E-state index in [-0.39, 0.29) is 11.7 Å². The Morgan fingerprint density at radius 3 is 2.61 bits per heavy atom. The molecule has 1 aromatic heterocycles. The molecule has 0 saturated carbocycles. The molecule has 3 rings (SSSR count). The van der Waals surface area contributed by atoms with Gasteiger partial charge in [0.05, 0.1) is 11.0 Å². The van der Waals surface area contributed by atoms with Gasteiger partial charge in [-0.3, -0.25) is 9.36 Å². The molecule has 2 nitrogen and oxygen atoms in total. The van der Waals surface area contributed by atoms with Crippen LogP contribution in [0.3, 0.4) is 0 Å². The maximum atomic E-state index is 13.3. The highest BCUT2D eigenvalue weighted by Gasteiger charge is 2.14. The number of halogens is 2. The predicted molar refractivity (Wildman–Crippen MR) is 70.7 cm³/mol. The summed E-state index contributed by atoms with van der Waals surface area (Å²) in [6.07, 6.45) is 0. The Bertz CT molecular complexity index is 791. The number of hydrogen-bond donors (Lipinski definition) is 0. The van der Waals surface area contributed by atoms with Crippen LogP contribution in [-0.2, 0) is 0 Å². The lowest BCUT2D eigenvalue weighted by atomic mass is 10.1. The van der Waals surface area contributed by atoms with Crippen LogP contribution in [0.15, 0.2) is 36.4 Å². The van der Waals surface area contributed by atoms with Crippen molar-refractivity contribution < 1.29 is 9.18 Å². The van der Waals surface area contributed by atoms with E-state index in [9.17, 15) is 9.18 Å². The van der Waals surface area contributed by atoms with Crippen molar-refractivity contribution in [2.75, 3.05) is 0 Å². The highest BCUT2D eigenvalue weighted by Crippen LogP contribution is 2.31. The molecule has 0 aliphatic heterocycles. The summed E-state index contributed by atoms with van der Waals surface area (Å²) in [4.78, 5) is 11.8. The van der Waals surface area contributed by atoms with Gasteiger partial charge in [0.15, 0.2) is 0 Å². The zero-order valence-corrected chi connectivity index (χ0v) is 10.3. The van der Waals surface area contributed by atoms with Crippen LogP contribution in [-0.4, -0.2) is 10.5 Å². The van der Waals surface area contributed by atoms with Crippen LogP contribution < -0.4 is 0 Å². The number of hydrogen-bond acceptors (Lipinski definition) is 1. The zero-order chi connectivity index (χ0) is 12.9. The fourth-order valence-electron chi connectivity index (χ4n) is 2.31. The van der Waals surface area contributed by atoms with Gasteiger partial charge in [0.2, 0.25) is 5.91 Å². The molecule has 0 spiro atoms. The van der Waals surface area contributed by atoms with Crippen molar-refractivity contribution in [2.24, 2.45) is 0 Å². The normalized spacial score (nSPS) is 11.3. The molecule has 0 bridgehead atoms. The molecule has 3 aromatic rings. The number of benzene rings is 2. The van der Waals surface area contributed by atoms with E-state index in [1.54, 1.807) is 28.8 Å². The lowest BCUT2D eigenvalue weighted by molar-refractivity contribution is 0.0946. The summed E-state index contributed by atoms with van der Waals surface area (Å²) in [5.41, 5.74) is 1.40. The van der Waals surface area contributed by atoms with E-state index < -0.39 is 0 Å². The summed E-state index contributed by atoms with van der Waals surface area (Å²) >= 11 is 5.96. The highest BCUT2D eigenvalue weighted by molar-refractivity contribution is 6.31. The van der Waals surface area contributed by atoms with Gasteiger partial charge in [-0.05, 0) is 30.3 Å². The third kappa shape index (κ3) is 1.51. The van der Waals surface area contributed by atoms with Crippen molar-refractivity contribution in [3.05, 3.63) is 47.2 Å². The molecule has 0 fully saturated rings. The average molecular weight is 262 g/mol. The molecule has 0 aliphatic rings. The van der Waals surface area contributed by atoms with Gasteiger partial charge >= 0.3 is 0 Å². The smallest absolute Gasteiger partial charge is 0.228 e. The first-order chi connectivity index (χ1) is 8.58. The van der Waals surface area contributed by atoms with Gasteiger partial charge in [0, 0.05) is 22.7 Å². The van der Waals surface area contributed by atoms with Crippen molar-refractivity contribution >= 4 is 39.3 Å². The van der Waals surface area contributed by atoms with Gasteiger partial charge in [-0.2, -0.15) is 0 Å². The van der Waals surface area contributed by atoms with Gasteiger partial charge in [-0.15, -0.1) is 0 Å². The standard InChI is InChI=1S/C14H9ClFNO/c1-8(18)17-13-5-3-10(16)7-12(13)11-4-2-9(15)6-14(11)17/h2-7H,1H3. The fourth-order valence-corrected chi connectivity index (χ4v) is 2.47. The zero-order valence-electron chi connectivity index (χ0n) is 9.58. The number of aromatic nitrogens is 1. The molecule has 0 aliphatic carbocycles. The van der Waals surface area contributed by atoms with E-state index in [0.29, 0.717) is 16.1 Å². The molecule has 0 saturated heterocycles. The molecule has 0 atom stereocenters. The van der Waals surface area contributed by atoms with E-state index in [0.717, 1.165) is 10.8 Å². The topological polar surface area (TPSA) is 22.0 Å². The minimum Gasteiger partial charge on any atom is -0.280 e. The first kappa shape index (κ1) is 11.2. The maximum Gasteiger partial charge on any atom is 0.228 e. The lowest BCUT2D eigenvalue weighted by Gasteiger charge is -2.01. The quantitative estimate of drug-likeness (QED) is 0.593. The largest absolute Gasteiger partial charge is 0.280 e. The molecule has 0 N–H and O–H groups in total. The molecule has 0 radical (unpaired) electrons. The van der Waals surface area contributed by atoms with Gasteiger partial charge in [0.25, 0.3) is 0 Å². The Morgan fingerprint density at radius 1 is 1.11 bits per heavy atom. The second kappa shape index (κ2) is 3.82. The summed E-state index contributed by atoms with van der Waals surface area (Å²) in [5.74, 6) is -0.441. The fraction of sp³-hybridized carbons (Fsp3) is 0.0714. The average Bonchev–Trinajstić information content (AvgIpc) is 2.61. The summed E-state index contributed by atoms with van der Waals surface area (Å²) in [5, 5.41) is 2.09. The minimum absolute atomic E-state index is 0.121. The summed E-state index contributed by atoms with van der Waals surface area (Å²) in [6, 6.07) is 9.65. The third-order valence-corrected chi connectivity index (χ3v) is 3.24. The molecular weight excluding hydrogens is 253 g/mol. The van der Waals surface area contributed by atoms with Crippen LogP contribution >= 0.6 is 11.6 Å². The highest BCUT2D eigenvalue weighted by atomic mass is 35.5. The molecule has 0 unspecified atom stereocenters. The van der Waals surface area contributed by atoms with Crippen LogP contribution in [0.25, 0.3) is 21.8 Å². The van der Waals surface area contributed by atoms with E-state index in [1.807, 2.05) is 0 Å². The summed E-state index contributed by atoms with van der Waals surface area (Å²) < 4.78 is 14.9. The number of nitrogens with zero attached hydrogens (tertiary/aromatic N) is 1. The van der Waals surface area contributed by atoms with Crippen molar-refractivity contribution in [1.82, 2.24) is 4.57 Å². The maximum absolute atomic E-state index is 13.3. The molecule has 1 heterocycles. The molecular formula is C14H9ClFNO. The van der Waals surface area contributed by atoms with E-state index in [4.69, 9.17) is 11.6 Å². The lowest BCUT2D eigenvalue weighted by Crippen LogP contribution is -2.04. The Labute approximate surface area is 108 Å². The Morgan fingerprint density at radius 2 is 1.89 bits per heavy atom. The van der Waals surface area contributed by atoms with Gasteiger partial charge in [0.1, 0.15) is 5.82 Å². The molecule has 2 aromatic carbocycles. The number of fused-ring (bicyclic) bond motifs is 3.